The molecule has 3 rings (SSSR count). The van der Waals surface area contributed by atoms with Crippen LogP contribution in [0.1, 0.15) is 16.7 Å². The van der Waals surface area contributed by atoms with Crippen molar-refractivity contribution in [3.05, 3.63) is 88.1 Å². The third-order valence-electron chi connectivity index (χ3n) is 3.43. The average Bonchev–Trinajstić information content (AvgIpc) is 2.68. The molecule has 2 aromatic heterocycles. The highest BCUT2D eigenvalue weighted by atomic mass is 16.1. The second-order valence-corrected chi connectivity index (χ2v) is 5.20. The summed E-state index contributed by atoms with van der Waals surface area (Å²) < 4.78 is 0. The van der Waals surface area contributed by atoms with Gasteiger partial charge < -0.3 is 10.3 Å². The Kier molecular flexibility index (Phi) is 5.28. The van der Waals surface area contributed by atoms with E-state index in [-0.39, 0.29) is 5.56 Å². The monoisotopic (exact) mass is 342 g/mol. The molecule has 0 spiro atoms. The zero-order valence-corrected chi connectivity index (χ0v) is 13.6. The van der Waals surface area contributed by atoms with E-state index in [0.29, 0.717) is 11.3 Å². The average molecular weight is 342 g/mol. The molecule has 3 aromatic rings. The number of aromatic amines is 1. The Morgan fingerprint density at radius 2 is 1.92 bits per heavy atom. The number of hydrogen-bond acceptors (Lipinski definition) is 6. The van der Waals surface area contributed by atoms with Crippen molar-refractivity contribution in [3.63, 3.8) is 0 Å². The largest absolute Gasteiger partial charge is 0.354 e. The molecule has 2 heterocycles. The van der Waals surface area contributed by atoms with Crippen molar-refractivity contribution in [2.75, 3.05) is 5.32 Å². The molecule has 0 aliphatic heterocycles. The van der Waals surface area contributed by atoms with Crippen LogP contribution in [0.15, 0.2) is 76.1 Å². The van der Waals surface area contributed by atoms with Crippen LogP contribution in [0.4, 0.5) is 11.4 Å². The lowest BCUT2D eigenvalue weighted by Crippen LogP contribution is -2.14. The van der Waals surface area contributed by atoms with Crippen molar-refractivity contribution in [2.24, 2.45) is 10.2 Å². The predicted octanol–water partition coefficient (Wildman–Crippen LogP) is 2.84. The van der Waals surface area contributed by atoms with Crippen LogP contribution in [-0.2, 0) is 0 Å². The number of aromatic nitrogens is 2. The number of nitrogens with zero attached hydrogens (tertiary/aromatic N) is 4. The van der Waals surface area contributed by atoms with E-state index >= 15 is 0 Å². The SMILES string of the molecule is N#Cc1c(Nc2ccccc2)c(C=NN=Cc2cccnc2)c[nH]c1=O. The lowest BCUT2D eigenvalue weighted by atomic mass is 10.1. The van der Waals surface area contributed by atoms with Gasteiger partial charge in [-0.2, -0.15) is 15.5 Å². The van der Waals surface area contributed by atoms with Crippen molar-refractivity contribution in [1.29, 1.82) is 5.26 Å². The van der Waals surface area contributed by atoms with Crippen LogP contribution in [0.2, 0.25) is 0 Å². The van der Waals surface area contributed by atoms with Gasteiger partial charge in [0.25, 0.3) is 5.56 Å². The first-order valence-corrected chi connectivity index (χ1v) is 7.72. The molecule has 0 atom stereocenters. The van der Waals surface area contributed by atoms with Gasteiger partial charge in [0.15, 0.2) is 0 Å². The van der Waals surface area contributed by atoms with Crippen LogP contribution >= 0.6 is 0 Å². The summed E-state index contributed by atoms with van der Waals surface area (Å²) in [6.07, 6.45) is 7.85. The highest BCUT2D eigenvalue weighted by Gasteiger charge is 2.11. The minimum atomic E-state index is -0.470. The molecule has 26 heavy (non-hydrogen) atoms. The van der Waals surface area contributed by atoms with Crippen LogP contribution in [0, 0.1) is 11.3 Å². The summed E-state index contributed by atoms with van der Waals surface area (Å²) in [6, 6.07) is 14.8. The lowest BCUT2D eigenvalue weighted by molar-refractivity contribution is 1.20. The van der Waals surface area contributed by atoms with Crippen molar-refractivity contribution in [3.8, 4) is 6.07 Å². The maximum atomic E-state index is 11.9. The quantitative estimate of drug-likeness (QED) is 0.549. The first kappa shape index (κ1) is 16.8. The fourth-order valence-electron chi connectivity index (χ4n) is 2.20. The third-order valence-corrected chi connectivity index (χ3v) is 3.43. The van der Waals surface area contributed by atoms with Gasteiger partial charge in [-0.25, -0.2) is 0 Å². The molecule has 0 amide bonds. The summed E-state index contributed by atoms with van der Waals surface area (Å²) in [7, 11) is 0. The summed E-state index contributed by atoms with van der Waals surface area (Å²) in [5.74, 6) is 0. The minimum Gasteiger partial charge on any atom is -0.354 e. The molecule has 0 saturated heterocycles. The summed E-state index contributed by atoms with van der Waals surface area (Å²) in [4.78, 5) is 18.4. The van der Waals surface area contributed by atoms with E-state index in [1.54, 1.807) is 24.7 Å². The van der Waals surface area contributed by atoms with E-state index in [1.165, 1.54) is 12.4 Å². The van der Waals surface area contributed by atoms with E-state index in [4.69, 9.17) is 0 Å². The van der Waals surface area contributed by atoms with Crippen molar-refractivity contribution >= 4 is 23.8 Å². The molecule has 0 unspecified atom stereocenters. The zero-order chi connectivity index (χ0) is 18.2. The maximum absolute atomic E-state index is 11.9. The molecular weight excluding hydrogens is 328 g/mol. The molecule has 7 heteroatoms. The minimum absolute atomic E-state index is 0.0194. The third kappa shape index (κ3) is 4.07. The van der Waals surface area contributed by atoms with Gasteiger partial charge in [0.1, 0.15) is 11.6 Å². The van der Waals surface area contributed by atoms with Crippen molar-refractivity contribution in [2.45, 2.75) is 0 Å². The normalized spacial score (nSPS) is 10.9. The van der Waals surface area contributed by atoms with Crippen LogP contribution in [0.25, 0.3) is 0 Å². The molecule has 1 aromatic carbocycles. The number of para-hydroxylation sites is 1. The Balaban J connectivity index is 1.91. The number of rotatable bonds is 5. The summed E-state index contributed by atoms with van der Waals surface area (Å²) in [5.41, 5.74) is 1.99. The van der Waals surface area contributed by atoms with Gasteiger partial charge in [0.2, 0.25) is 0 Å². The molecule has 0 saturated carbocycles. The van der Waals surface area contributed by atoms with Gasteiger partial charge in [-0.1, -0.05) is 24.3 Å². The van der Waals surface area contributed by atoms with Crippen LogP contribution in [0.3, 0.4) is 0 Å². The Morgan fingerprint density at radius 3 is 2.65 bits per heavy atom. The number of pyridine rings is 2. The van der Waals surface area contributed by atoms with Crippen molar-refractivity contribution < 1.29 is 0 Å². The highest BCUT2D eigenvalue weighted by Crippen LogP contribution is 2.21. The molecule has 0 aliphatic carbocycles. The van der Waals surface area contributed by atoms with Crippen LogP contribution < -0.4 is 10.9 Å². The van der Waals surface area contributed by atoms with E-state index in [0.717, 1.165) is 11.3 Å². The molecule has 0 fully saturated rings. The molecule has 126 valence electrons. The number of anilines is 2. The Morgan fingerprint density at radius 1 is 1.12 bits per heavy atom. The number of nitrogens with one attached hydrogen (secondary N) is 2. The van der Waals surface area contributed by atoms with Crippen LogP contribution in [0.5, 0.6) is 0 Å². The highest BCUT2D eigenvalue weighted by molar-refractivity contribution is 5.91. The second kappa shape index (κ2) is 8.17. The van der Waals surface area contributed by atoms with E-state index in [1.807, 2.05) is 42.5 Å². The smallest absolute Gasteiger partial charge is 0.268 e. The molecule has 2 N–H and O–H groups in total. The summed E-state index contributed by atoms with van der Waals surface area (Å²) in [5, 5.41) is 20.4. The number of nitriles is 1. The fraction of sp³-hybridized carbons (Fsp3) is 0. The van der Waals surface area contributed by atoms with Gasteiger partial charge in [-0.15, -0.1) is 0 Å². The number of benzene rings is 1. The lowest BCUT2D eigenvalue weighted by Gasteiger charge is -2.10. The van der Waals surface area contributed by atoms with Crippen LogP contribution in [-0.4, -0.2) is 22.4 Å². The van der Waals surface area contributed by atoms with E-state index in [9.17, 15) is 10.1 Å². The zero-order valence-electron chi connectivity index (χ0n) is 13.6. The topological polar surface area (TPSA) is 106 Å². The Bertz CT molecular complexity index is 1030. The van der Waals surface area contributed by atoms with Gasteiger partial charge in [0, 0.05) is 35.4 Å². The Hall–Kier alpha value is -4.05. The van der Waals surface area contributed by atoms with Gasteiger partial charge >= 0.3 is 0 Å². The molecule has 0 radical (unpaired) electrons. The number of H-pyrrole nitrogens is 1. The van der Waals surface area contributed by atoms with Gasteiger partial charge in [0.05, 0.1) is 18.1 Å². The second-order valence-electron chi connectivity index (χ2n) is 5.20. The predicted molar refractivity (Wildman–Crippen MR) is 101 cm³/mol. The fourth-order valence-corrected chi connectivity index (χ4v) is 2.20. The molecule has 0 bridgehead atoms. The summed E-state index contributed by atoms with van der Waals surface area (Å²) >= 11 is 0. The Labute approximate surface area is 149 Å². The first-order valence-electron chi connectivity index (χ1n) is 7.72. The number of hydrogen-bond donors (Lipinski definition) is 2. The molecule has 0 aliphatic rings. The van der Waals surface area contributed by atoms with Gasteiger partial charge in [-0.3, -0.25) is 9.78 Å². The van der Waals surface area contributed by atoms with Gasteiger partial charge in [-0.05, 0) is 18.2 Å². The van der Waals surface area contributed by atoms with E-state index in [2.05, 4.69) is 25.5 Å². The maximum Gasteiger partial charge on any atom is 0.268 e. The van der Waals surface area contributed by atoms with Crippen molar-refractivity contribution in [1.82, 2.24) is 9.97 Å². The van der Waals surface area contributed by atoms with E-state index < -0.39 is 5.56 Å². The molecular formula is C19H14N6O. The standard InChI is InChI=1S/C19H14N6O/c20-9-17-18(25-16-6-2-1-3-7-16)15(12-22-19(17)26)13-24-23-11-14-5-4-8-21-10-14/h1-8,10-13H,(H2,22,25,26). The molecule has 7 nitrogen and oxygen atoms in total. The summed E-state index contributed by atoms with van der Waals surface area (Å²) in [6.45, 7) is 0. The first-order chi connectivity index (χ1) is 12.8.